The largest absolute Gasteiger partial charge is 0.325 e. The zero-order chi connectivity index (χ0) is 20.7. The van der Waals surface area contributed by atoms with Gasteiger partial charge in [0.15, 0.2) is 5.65 Å². The number of hydrogen-bond donors (Lipinski definition) is 2. The highest BCUT2D eigenvalue weighted by Crippen LogP contribution is 2.42. The van der Waals surface area contributed by atoms with Crippen LogP contribution in [0.4, 0.5) is 0 Å². The first-order chi connectivity index (χ1) is 14.6. The van der Waals surface area contributed by atoms with Crippen molar-refractivity contribution in [2.75, 3.05) is 0 Å². The molecule has 6 rings (SSSR count). The van der Waals surface area contributed by atoms with E-state index in [4.69, 9.17) is 0 Å². The van der Waals surface area contributed by atoms with Crippen LogP contribution in [0.2, 0.25) is 0 Å². The molecule has 150 valence electrons. The van der Waals surface area contributed by atoms with Crippen molar-refractivity contribution in [1.82, 2.24) is 34.3 Å². The molecule has 1 aliphatic rings. The Balaban J connectivity index is 0.000000161. The number of para-hydroxylation sites is 1. The second-order valence-corrected chi connectivity index (χ2v) is 7.27. The predicted octanol–water partition coefficient (Wildman–Crippen LogP) is 2.22. The molecule has 0 aliphatic heterocycles. The molecule has 1 saturated carbocycles. The summed E-state index contributed by atoms with van der Waals surface area (Å²) in [6.07, 6.45) is 8.97. The van der Waals surface area contributed by atoms with E-state index in [-0.39, 0.29) is 0 Å². The van der Waals surface area contributed by atoms with Gasteiger partial charge in [0.25, 0.3) is 5.56 Å². The summed E-state index contributed by atoms with van der Waals surface area (Å²) in [5.41, 5.74) is 3.04. The minimum absolute atomic E-state index is 0.349. The first kappa shape index (κ1) is 18.0. The zero-order valence-electron chi connectivity index (χ0n) is 16.2. The number of H-pyrrole nitrogens is 2. The number of aromatic amines is 2. The van der Waals surface area contributed by atoms with Crippen LogP contribution in [0.3, 0.4) is 0 Å². The molecule has 4 aromatic heterocycles. The van der Waals surface area contributed by atoms with Crippen molar-refractivity contribution >= 4 is 16.6 Å². The predicted molar refractivity (Wildman–Crippen MR) is 112 cm³/mol. The number of fused-ring (bicyclic) bond motifs is 2. The van der Waals surface area contributed by atoms with Crippen LogP contribution < -0.4 is 11.2 Å². The molecule has 5 aromatic rings. The van der Waals surface area contributed by atoms with Crippen LogP contribution in [-0.4, -0.2) is 34.3 Å². The van der Waals surface area contributed by atoms with Gasteiger partial charge in [-0.25, -0.2) is 14.3 Å². The topological polar surface area (TPSA) is 114 Å². The molecule has 0 radical (unpaired) electrons. The van der Waals surface area contributed by atoms with Gasteiger partial charge in [0.1, 0.15) is 0 Å². The molecule has 0 amide bonds. The van der Waals surface area contributed by atoms with Crippen LogP contribution in [0.15, 0.2) is 64.7 Å². The molecule has 1 fully saturated rings. The van der Waals surface area contributed by atoms with E-state index in [1.165, 1.54) is 17.1 Å². The summed E-state index contributed by atoms with van der Waals surface area (Å²) in [5.74, 6) is 0.489. The van der Waals surface area contributed by atoms with Crippen LogP contribution in [0.1, 0.15) is 24.3 Å². The Labute approximate surface area is 170 Å². The van der Waals surface area contributed by atoms with Gasteiger partial charge in [-0.2, -0.15) is 10.2 Å². The van der Waals surface area contributed by atoms with Crippen LogP contribution in [-0.2, 0) is 7.05 Å². The molecule has 9 nitrogen and oxygen atoms in total. The fourth-order valence-electron chi connectivity index (χ4n) is 3.47. The van der Waals surface area contributed by atoms with Crippen LogP contribution >= 0.6 is 0 Å². The van der Waals surface area contributed by atoms with Crippen LogP contribution in [0, 0.1) is 0 Å². The average molecular weight is 401 g/mol. The van der Waals surface area contributed by atoms with Crippen molar-refractivity contribution in [2.45, 2.75) is 18.8 Å². The number of aryl methyl sites for hydroxylation is 1. The van der Waals surface area contributed by atoms with E-state index in [2.05, 4.69) is 37.3 Å². The normalized spacial score (nSPS) is 13.4. The maximum atomic E-state index is 11.9. The molecule has 0 unspecified atom stereocenters. The minimum Gasteiger partial charge on any atom is -0.313 e. The lowest BCUT2D eigenvalue weighted by Crippen LogP contribution is -2.23. The molecule has 0 bridgehead atoms. The first-order valence-corrected chi connectivity index (χ1v) is 9.63. The molecule has 4 heterocycles. The smallest absolute Gasteiger partial charge is 0.313 e. The third-order valence-electron chi connectivity index (χ3n) is 5.16. The summed E-state index contributed by atoms with van der Waals surface area (Å²) in [5, 5.41) is 9.69. The zero-order valence-corrected chi connectivity index (χ0v) is 16.2. The standard InChI is InChI=1S/C13H11N5O2.C8H8N2/c19-12-9(6-15-13(20)16-12)10-5-8(7-1-2-7)11-14-3-4-18(11)17-10;1-10-8-5-3-2-4-7(8)6-9-10/h3-7H,1-2H2,(H2,15,16,19,20);2-6H,1H3. The molecular weight excluding hydrogens is 382 g/mol. The molecule has 1 aliphatic carbocycles. The highest BCUT2D eigenvalue weighted by atomic mass is 16.2. The Morgan fingerprint density at radius 2 is 2.00 bits per heavy atom. The fourth-order valence-corrected chi connectivity index (χ4v) is 3.47. The molecule has 30 heavy (non-hydrogen) atoms. The Kier molecular flexibility index (Phi) is 4.27. The number of benzene rings is 1. The van der Waals surface area contributed by atoms with Crippen molar-refractivity contribution in [1.29, 1.82) is 0 Å². The molecule has 2 N–H and O–H groups in total. The molecule has 9 heteroatoms. The average Bonchev–Trinajstić information content (AvgIpc) is 3.37. The minimum atomic E-state index is -0.523. The first-order valence-electron chi connectivity index (χ1n) is 9.63. The summed E-state index contributed by atoms with van der Waals surface area (Å²) >= 11 is 0. The van der Waals surface area contributed by atoms with Gasteiger partial charge in [-0.05, 0) is 30.9 Å². The second kappa shape index (κ2) is 7.11. The summed E-state index contributed by atoms with van der Waals surface area (Å²) < 4.78 is 3.54. The van der Waals surface area contributed by atoms with Gasteiger partial charge in [0.2, 0.25) is 0 Å². The Morgan fingerprint density at radius 1 is 1.17 bits per heavy atom. The SMILES string of the molecule is Cn1ncc2ccccc21.O=c1[nH]cc(-c2cc(C3CC3)c3nccn3n2)c(=O)[nH]1. The van der Waals surface area contributed by atoms with E-state index >= 15 is 0 Å². The lowest BCUT2D eigenvalue weighted by atomic mass is 10.1. The van der Waals surface area contributed by atoms with E-state index in [0.29, 0.717) is 17.2 Å². The van der Waals surface area contributed by atoms with E-state index in [9.17, 15) is 9.59 Å². The van der Waals surface area contributed by atoms with E-state index in [1.807, 2.05) is 36.1 Å². The van der Waals surface area contributed by atoms with Gasteiger partial charge in [0.05, 0.1) is 23.0 Å². The van der Waals surface area contributed by atoms with Crippen molar-refractivity contribution < 1.29 is 0 Å². The quantitative estimate of drug-likeness (QED) is 0.471. The second-order valence-electron chi connectivity index (χ2n) is 7.27. The Bertz CT molecular complexity index is 1470. The maximum absolute atomic E-state index is 11.9. The van der Waals surface area contributed by atoms with Crippen molar-refractivity contribution in [3.63, 3.8) is 0 Å². The van der Waals surface area contributed by atoms with Crippen molar-refractivity contribution in [2.24, 2.45) is 7.05 Å². The number of nitrogens with zero attached hydrogens (tertiary/aromatic N) is 5. The number of nitrogens with one attached hydrogen (secondary N) is 2. The lowest BCUT2D eigenvalue weighted by Gasteiger charge is -2.05. The van der Waals surface area contributed by atoms with Gasteiger partial charge >= 0.3 is 5.69 Å². The third kappa shape index (κ3) is 3.30. The maximum Gasteiger partial charge on any atom is 0.325 e. The van der Waals surface area contributed by atoms with E-state index < -0.39 is 11.2 Å². The summed E-state index contributed by atoms with van der Waals surface area (Å²) in [6.45, 7) is 0. The van der Waals surface area contributed by atoms with Gasteiger partial charge in [-0.1, -0.05) is 18.2 Å². The van der Waals surface area contributed by atoms with Crippen molar-refractivity contribution in [3.8, 4) is 11.3 Å². The molecule has 1 aromatic carbocycles. The number of hydrogen-bond acceptors (Lipinski definition) is 5. The fraction of sp³-hybridized carbons (Fsp3) is 0.190. The Morgan fingerprint density at radius 3 is 2.77 bits per heavy atom. The highest BCUT2D eigenvalue weighted by Gasteiger charge is 2.27. The summed E-state index contributed by atoms with van der Waals surface area (Å²) in [6, 6.07) is 10.0. The molecule has 0 atom stereocenters. The molecule has 0 saturated heterocycles. The van der Waals surface area contributed by atoms with Crippen LogP contribution in [0.5, 0.6) is 0 Å². The third-order valence-corrected chi connectivity index (χ3v) is 5.16. The van der Waals surface area contributed by atoms with Crippen molar-refractivity contribution in [3.05, 3.63) is 81.5 Å². The summed E-state index contributed by atoms with van der Waals surface area (Å²) in [7, 11) is 1.95. The van der Waals surface area contributed by atoms with Gasteiger partial charge < -0.3 is 4.98 Å². The monoisotopic (exact) mass is 401 g/mol. The van der Waals surface area contributed by atoms with Gasteiger partial charge in [-0.15, -0.1) is 0 Å². The van der Waals surface area contributed by atoms with Gasteiger partial charge in [0, 0.05) is 36.6 Å². The summed E-state index contributed by atoms with van der Waals surface area (Å²) in [4.78, 5) is 31.9. The molecule has 0 spiro atoms. The Hall–Kier alpha value is -4.01. The molecular formula is C21H19N7O2. The number of rotatable bonds is 2. The highest BCUT2D eigenvalue weighted by molar-refractivity contribution is 5.78. The number of aromatic nitrogens is 7. The van der Waals surface area contributed by atoms with Gasteiger partial charge in [-0.3, -0.25) is 14.5 Å². The number of imidazole rings is 1. The van der Waals surface area contributed by atoms with E-state index in [1.54, 1.807) is 16.9 Å². The van der Waals surface area contributed by atoms with E-state index in [0.717, 1.165) is 24.1 Å². The van der Waals surface area contributed by atoms with Crippen LogP contribution in [0.25, 0.3) is 27.8 Å². The lowest BCUT2D eigenvalue weighted by molar-refractivity contribution is 0.797.